The van der Waals surface area contributed by atoms with E-state index in [1.807, 2.05) is 6.92 Å². The van der Waals surface area contributed by atoms with Crippen LogP contribution in [0.5, 0.6) is 0 Å². The van der Waals surface area contributed by atoms with Gasteiger partial charge in [-0.15, -0.1) is 0 Å². The Morgan fingerprint density at radius 2 is 2.14 bits per heavy atom. The van der Waals surface area contributed by atoms with Crippen molar-refractivity contribution in [1.82, 2.24) is 9.29 Å². The molecule has 1 atom stereocenters. The SMILES string of the molecule is Cn1c(=O)oc2cc(S(=O)(=O)NC(C)(CN)C3CC3)ccc21. The molecular formula is C14H19N3O4S. The van der Waals surface area contributed by atoms with Gasteiger partial charge in [0.1, 0.15) is 0 Å². The van der Waals surface area contributed by atoms with Crippen molar-refractivity contribution in [1.29, 1.82) is 0 Å². The van der Waals surface area contributed by atoms with Crippen LogP contribution in [0.25, 0.3) is 11.1 Å². The average Bonchev–Trinajstić information content (AvgIpc) is 3.27. The van der Waals surface area contributed by atoms with Crippen LogP contribution in [0.2, 0.25) is 0 Å². The van der Waals surface area contributed by atoms with E-state index in [1.54, 1.807) is 13.1 Å². The highest BCUT2D eigenvalue weighted by Gasteiger charge is 2.43. The summed E-state index contributed by atoms with van der Waals surface area (Å²) in [7, 11) is -2.16. The molecule has 120 valence electrons. The lowest BCUT2D eigenvalue weighted by molar-refractivity contribution is 0.374. The second-order valence-corrected chi connectivity index (χ2v) is 7.74. The summed E-state index contributed by atoms with van der Waals surface area (Å²) in [6, 6.07) is 4.39. The number of nitrogens with zero attached hydrogens (tertiary/aromatic N) is 1. The second kappa shape index (κ2) is 4.94. The van der Waals surface area contributed by atoms with Gasteiger partial charge in [0.15, 0.2) is 5.58 Å². The van der Waals surface area contributed by atoms with Crippen LogP contribution in [0.3, 0.4) is 0 Å². The molecule has 2 aromatic rings. The number of aryl methyl sites for hydroxylation is 1. The van der Waals surface area contributed by atoms with Crippen molar-refractivity contribution in [2.24, 2.45) is 18.7 Å². The number of fused-ring (bicyclic) bond motifs is 1. The molecule has 3 N–H and O–H groups in total. The molecule has 1 aliphatic rings. The van der Waals surface area contributed by atoms with Crippen LogP contribution in [0, 0.1) is 5.92 Å². The standard InChI is InChI=1S/C14H19N3O4S/c1-14(8-15,9-3-4-9)16-22(19,20)10-5-6-11-12(7-10)21-13(18)17(11)2/h5-7,9,16H,3-4,8,15H2,1-2H3. The van der Waals surface area contributed by atoms with Crippen LogP contribution in [-0.2, 0) is 17.1 Å². The summed E-state index contributed by atoms with van der Waals surface area (Å²) in [5.74, 6) is -0.257. The Kier molecular flexibility index (Phi) is 3.42. The molecule has 0 saturated heterocycles. The van der Waals surface area contributed by atoms with Gasteiger partial charge >= 0.3 is 5.76 Å². The lowest BCUT2D eigenvalue weighted by Gasteiger charge is -2.29. The molecule has 8 heteroatoms. The minimum Gasteiger partial charge on any atom is -0.408 e. The van der Waals surface area contributed by atoms with Gasteiger partial charge in [-0.05, 0) is 37.8 Å². The molecule has 0 radical (unpaired) electrons. The van der Waals surface area contributed by atoms with Crippen molar-refractivity contribution < 1.29 is 12.8 Å². The third-order valence-electron chi connectivity index (χ3n) is 4.34. The molecule has 1 heterocycles. The van der Waals surface area contributed by atoms with Gasteiger partial charge < -0.3 is 10.2 Å². The Hall–Kier alpha value is -1.64. The smallest absolute Gasteiger partial charge is 0.408 e. The van der Waals surface area contributed by atoms with Gasteiger partial charge in [-0.3, -0.25) is 4.57 Å². The molecule has 22 heavy (non-hydrogen) atoms. The van der Waals surface area contributed by atoms with Crippen LogP contribution in [0.15, 0.2) is 32.3 Å². The lowest BCUT2D eigenvalue weighted by Crippen LogP contribution is -2.52. The van der Waals surface area contributed by atoms with E-state index in [0.717, 1.165) is 12.8 Å². The van der Waals surface area contributed by atoms with Gasteiger partial charge in [-0.1, -0.05) is 0 Å². The first-order valence-electron chi connectivity index (χ1n) is 7.10. The number of hydrogen-bond acceptors (Lipinski definition) is 5. The molecule has 1 unspecified atom stereocenters. The molecule has 0 amide bonds. The Bertz CT molecular complexity index is 879. The molecule has 1 aromatic carbocycles. The van der Waals surface area contributed by atoms with E-state index in [2.05, 4.69) is 4.72 Å². The molecule has 7 nitrogen and oxygen atoms in total. The Labute approximate surface area is 128 Å². The molecule has 3 rings (SSSR count). The maximum absolute atomic E-state index is 12.6. The second-order valence-electron chi connectivity index (χ2n) is 6.06. The predicted molar refractivity (Wildman–Crippen MR) is 82.0 cm³/mol. The first-order valence-corrected chi connectivity index (χ1v) is 8.59. The zero-order valence-electron chi connectivity index (χ0n) is 12.5. The molecule has 0 aliphatic heterocycles. The molecule has 1 aromatic heterocycles. The highest BCUT2D eigenvalue weighted by atomic mass is 32.2. The van der Waals surface area contributed by atoms with Crippen molar-refractivity contribution in [3.63, 3.8) is 0 Å². The summed E-state index contributed by atoms with van der Waals surface area (Å²) in [5, 5.41) is 0. The molecule has 1 saturated carbocycles. The van der Waals surface area contributed by atoms with Crippen LogP contribution in [0.1, 0.15) is 19.8 Å². The Morgan fingerprint density at radius 1 is 1.45 bits per heavy atom. The zero-order valence-corrected chi connectivity index (χ0v) is 13.3. The first kappa shape index (κ1) is 15.3. The van der Waals surface area contributed by atoms with Crippen LogP contribution in [0.4, 0.5) is 0 Å². The number of oxazole rings is 1. The summed E-state index contributed by atoms with van der Waals surface area (Å²) in [5.41, 5.74) is 5.90. The van der Waals surface area contributed by atoms with Crippen molar-refractivity contribution in [3.05, 3.63) is 28.7 Å². The number of nitrogens with one attached hydrogen (secondary N) is 1. The third kappa shape index (κ3) is 2.47. The number of sulfonamides is 1. The quantitative estimate of drug-likeness (QED) is 0.834. The van der Waals surface area contributed by atoms with Crippen molar-refractivity contribution >= 4 is 21.1 Å². The number of benzene rings is 1. The Morgan fingerprint density at radius 3 is 2.73 bits per heavy atom. The minimum atomic E-state index is -3.73. The summed E-state index contributed by atoms with van der Waals surface area (Å²) in [6.45, 7) is 2.06. The summed E-state index contributed by atoms with van der Waals surface area (Å²) in [6.07, 6.45) is 1.95. The van der Waals surface area contributed by atoms with Gasteiger partial charge in [0, 0.05) is 25.2 Å². The topological polar surface area (TPSA) is 107 Å². The van der Waals surface area contributed by atoms with Gasteiger partial charge in [0.25, 0.3) is 0 Å². The lowest BCUT2D eigenvalue weighted by atomic mass is 9.98. The fourth-order valence-corrected chi connectivity index (χ4v) is 4.15. The number of nitrogens with two attached hydrogens (primary N) is 1. The highest BCUT2D eigenvalue weighted by molar-refractivity contribution is 7.89. The number of aromatic nitrogens is 1. The van der Waals surface area contributed by atoms with E-state index in [-0.39, 0.29) is 22.9 Å². The summed E-state index contributed by atoms with van der Waals surface area (Å²) >= 11 is 0. The Balaban J connectivity index is 2.00. The summed E-state index contributed by atoms with van der Waals surface area (Å²) < 4.78 is 34.2. The van der Waals surface area contributed by atoms with Gasteiger partial charge in [-0.25, -0.2) is 17.9 Å². The van der Waals surface area contributed by atoms with Gasteiger partial charge in [0.2, 0.25) is 10.0 Å². The largest absolute Gasteiger partial charge is 0.419 e. The van der Waals surface area contributed by atoms with Crippen LogP contribution >= 0.6 is 0 Å². The van der Waals surface area contributed by atoms with E-state index in [9.17, 15) is 13.2 Å². The average molecular weight is 325 g/mol. The molecule has 0 bridgehead atoms. The predicted octanol–water partition coefficient (Wildman–Crippen LogP) is 0.537. The van der Waals surface area contributed by atoms with E-state index < -0.39 is 21.3 Å². The monoisotopic (exact) mass is 325 g/mol. The summed E-state index contributed by atoms with van der Waals surface area (Å²) in [4.78, 5) is 11.6. The van der Waals surface area contributed by atoms with E-state index >= 15 is 0 Å². The normalized spacial score (nSPS) is 18.5. The highest BCUT2D eigenvalue weighted by Crippen LogP contribution is 2.39. The van der Waals surface area contributed by atoms with E-state index in [1.165, 1.54) is 16.7 Å². The van der Waals surface area contributed by atoms with Crippen molar-refractivity contribution in [3.8, 4) is 0 Å². The maximum atomic E-state index is 12.6. The fraction of sp³-hybridized carbons (Fsp3) is 0.500. The van der Waals surface area contributed by atoms with Gasteiger partial charge in [-0.2, -0.15) is 0 Å². The molecular weight excluding hydrogens is 306 g/mol. The number of rotatable bonds is 5. The van der Waals surface area contributed by atoms with E-state index in [0.29, 0.717) is 5.52 Å². The molecule has 1 fully saturated rings. The minimum absolute atomic E-state index is 0.0645. The fourth-order valence-electron chi connectivity index (χ4n) is 2.66. The van der Waals surface area contributed by atoms with Gasteiger partial charge in [0.05, 0.1) is 10.4 Å². The third-order valence-corrected chi connectivity index (χ3v) is 5.95. The van der Waals surface area contributed by atoms with Crippen LogP contribution in [-0.4, -0.2) is 25.1 Å². The maximum Gasteiger partial charge on any atom is 0.419 e. The van der Waals surface area contributed by atoms with E-state index in [4.69, 9.17) is 10.2 Å². The molecule has 1 aliphatic carbocycles. The zero-order chi connectivity index (χ0) is 16.1. The van der Waals surface area contributed by atoms with Crippen molar-refractivity contribution in [2.75, 3.05) is 6.54 Å². The molecule has 0 spiro atoms. The van der Waals surface area contributed by atoms with Crippen molar-refractivity contribution in [2.45, 2.75) is 30.2 Å². The van der Waals surface area contributed by atoms with Crippen LogP contribution < -0.4 is 16.2 Å². The first-order chi connectivity index (χ1) is 10.3. The number of hydrogen-bond donors (Lipinski definition) is 2.